The summed E-state index contributed by atoms with van der Waals surface area (Å²) in [5.74, 6) is 0.928. The molecule has 0 aromatic heterocycles. The van der Waals surface area contributed by atoms with Gasteiger partial charge in [-0.05, 0) is 68.1 Å². The van der Waals surface area contributed by atoms with E-state index in [9.17, 15) is 4.79 Å². The van der Waals surface area contributed by atoms with Crippen molar-refractivity contribution in [3.05, 3.63) is 71.0 Å². The second-order valence-electron chi connectivity index (χ2n) is 12.2. The molecule has 3 aliphatic heterocycles. The Balaban J connectivity index is 1.33. The van der Waals surface area contributed by atoms with E-state index in [1.54, 1.807) is 6.07 Å². The number of hydrogen-bond acceptors (Lipinski definition) is 3. The standard InChI is InChI=1S/C32H42FN3O/c1-22-17-26-13-8-14-28(33)30(26)32(21-35-22)20-34-19-27(32)31(37)36-16-15-25(23-9-4-2-5-10-23)18-29(36)24-11-6-3-7-12-24/h2,4-5,8-10,13-14,22,24-25,27,29,34-35H,3,6-7,11-12,15-21H2,1H3/t22-,25+,27-,29-,32-/m0/s1. The van der Waals surface area contributed by atoms with Crippen LogP contribution >= 0.6 is 0 Å². The predicted molar refractivity (Wildman–Crippen MR) is 146 cm³/mol. The Morgan fingerprint density at radius 1 is 1.00 bits per heavy atom. The lowest BCUT2D eigenvalue weighted by atomic mass is 9.69. The summed E-state index contributed by atoms with van der Waals surface area (Å²) < 4.78 is 15.6. The molecule has 4 nitrogen and oxygen atoms in total. The smallest absolute Gasteiger partial charge is 0.228 e. The van der Waals surface area contributed by atoms with Crippen LogP contribution in [0.15, 0.2) is 48.5 Å². The number of rotatable bonds is 3. The predicted octanol–water partition coefficient (Wildman–Crippen LogP) is 5.17. The van der Waals surface area contributed by atoms with Crippen LogP contribution in [0, 0.1) is 17.7 Å². The van der Waals surface area contributed by atoms with Gasteiger partial charge in [0, 0.05) is 49.2 Å². The number of nitrogens with one attached hydrogen (secondary N) is 2. The topological polar surface area (TPSA) is 44.4 Å². The van der Waals surface area contributed by atoms with Crippen molar-refractivity contribution in [2.24, 2.45) is 11.8 Å². The summed E-state index contributed by atoms with van der Waals surface area (Å²) in [5.41, 5.74) is 2.71. The summed E-state index contributed by atoms with van der Waals surface area (Å²) in [7, 11) is 0. The van der Waals surface area contributed by atoms with Crippen LogP contribution in [0.2, 0.25) is 0 Å². The van der Waals surface area contributed by atoms with Gasteiger partial charge in [0.05, 0.1) is 5.92 Å². The van der Waals surface area contributed by atoms with Crippen LogP contribution in [0.3, 0.4) is 0 Å². The molecule has 1 amide bonds. The summed E-state index contributed by atoms with van der Waals surface area (Å²) in [4.78, 5) is 16.9. The number of nitrogens with zero attached hydrogens (tertiary/aromatic N) is 1. The molecule has 5 atom stereocenters. The summed E-state index contributed by atoms with van der Waals surface area (Å²) in [5, 5.41) is 7.20. The van der Waals surface area contributed by atoms with Crippen LogP contribution in [0.5, 0.6) is 0 Å². The largest absolute Gasteiger partial charge is 0.339 e. The van der Waals surface area contributed by atoms with Crippen LogP contribution < -0.4 is 10.6 Å². The van der Waals surface area contributed by atoms with Crippen molar-refractivity contribution in [2.45, 2.75) is 81.7 Å². The van der Waals surface area contributed by atoms with E-state index in [2.05, 4.69) is 58.9 Å². The van der Waals surface area contributed by atoms with E-state index in [-0.39, 0.29) is 29.7 Å². The first-order valence-electron chi connectivity index (χ1n) is 14.6. The molecule has 2 aromatic rings. The Bertz CT molecular complexity index is 1100. The summed E-state index contributed by atoms with van der Waals surface area (Å²) in [6, 6.07) is 16.9. The van der Waals surface area contributed by atoms with E-state index in [0.29, 0.717) is 31.5 Å². The Labute approximate surface area is 221 Å². The minimum Gasteiger partial charge on any atom is -0.339 e. The zero-order chi connectivity index (χ0) is 25.4. The van der Waals surface area contributed by atoms with Crippen molar-refractivity contribution in [1.82, 2.24) is 15.5 Å². The molecule has 3 heterocycles. The first kappa shape index (κ1) is 25.1. The van der Waals surface area contributed by atoms with Gasteiger partial charge in [-0.15, -0.1) is 0 Å². The molecule has 1 saturated carbocycles. The highest BCUT2D eigenvalue weighted by Gasteiger charge is 2.53. The number of amides is 1. The van der Waals surface area contributed by atoms with Gasteiger partial charge >= 0.3 is 0 Å². The van der Waals surface area contributed by atoms with E-state index in [4.69, 9.17) is 0 Å². The fourth-order valence-corrected chi connectivity index (χ4v) is 8.14. The molecule has 0 bridgehead atoms. The number of fused-ring (bicyclic) bond motifs is 2. The van der Waals surface area contributed by atoms with Gasteiger partial charge in [0.1, 0.15) is 5.82 Å². The third kappa shape index (κ3) is 4.63. The Hall–Kier alpha value is -2.24. The van der Waals surface area contributed by atoms with Gasteiger partial charge in [-0.1, -0.05) is 61.7 Å². The normalized spacial score (nSPS) is 32.8. The highest BCUT2D eigenvalue weighted by atomic mass is 19.1. The van der Waals surface area contributed by atoms with Crippen molar-refractivity contribution >= 4 is 5.91 Å². The van der Waals surface area contributed by atoms with Crippen molar-refractivity contribution < 1.29 is 9.18 Å². The maximum absolute atomic E-state index is 15.6. The Kier molecular flexibility index (Phi) is 7.11. The van der Waals surface area contributed by atoms with Crippen LogP contribution in [-0.4, -0.2) is 49.1 Å². The molecular formula is C32H42FN3O. The molecular weight excluding hydrogens is 461 g/mol. The highest BCUT2D eigenvalue weighted by Crippen LogP contribution is 2.45. The molecule has 0 unspecified atom stereocenters. The zero-order valence-electron chi connectivity index (χ0n) is 22.2. The first-order chi connectivity index (χ1) is 18.1. The molecule has 1 aliphatic carbocycles. The van der Waals surface area contributed by atoms with E-state index < -0.39 is 5.41 Å². The van der Waals surface area contributed by atoms with Crippen molar-refractivity contribution in [2.75, 3.05) is 26.2 Å². The van der Waals surface area contributed by atoms with Gasteiger partial charge in [0.25, 0.3) is 0 Å². The molecule has 5 heteroatoms. The molecule has 37 heavy (non-hydrogen) atoms. The van der Waals surface area contributed by atoms with Gasteiger partial charge in [0.2, 0.25) is 5.91 Å². The Morgan fingerprint density at radius 3 is 2.62 bits per heavy atom. The fraction of sp³-hybridized carbons (Fsp3) is 0.594. The van der Waals surface area contributed by atoms with Crippen LogP contribution in [-0.2, 0) is 16.6 Å². The lowest BCUT2D eigenvalue weighted by Gasteiger charge is -2.47. The Morgan fingerprint density at radius 2 is 1.81 bits per heavy atom. The van der Waals surface area contributed by atoms with Crippen LogP contribution in [0.25, 0.3) is 0 Å². The summed E-state index contributed by atoms with van der Waals surface area (Å²) in [6.07, 6.45) is 9.15. The molecule has 4 aliphatic rings. The second-order valence-corrected chi connectivity index (χ2v) is 12.2. The molecule has 198 valence electrons. The van der Waals surface area contributed by atoms with Gasteiger partial charge in [0.15, 0.2) is 0 Å². The lowest BCUT2D eigenvalue weighted by molar-refractivity contribution is -0.142. The number of benzene rings is 2. The van der Waals surface area contributed by atoms with Crippen molar-refractivity contribution in [3.8, 4) is 0 Å². The number of hydrogen-bond donors (Lipinski definition) is 2. The highest BCUT2D eigenvalue weighted by molar-refractivity contribution is 5.82. The van der Waals surface area contributed by atoms with Gasteiger partial charge in [-0.25, -0.2) is 4.39 Å². The van der Waals surface area contributed by atoms with Crippen LogP contribution in [0.1, 0.15) is 74.5 Å². The average Bonchev–Trinajstić information content (AvgIpc) is 3.30. The minimum atomic E-state index is -0.546. The quantitative estimate of drug-likeness (QED) is 0.607. The third-order valence-electron chi connectivity index (χ3n) is 10.0. The minimum absolute atomic E-state index is 0.151. The third-order valence-corrected chi connectivity index (χ3v) is 10.0. The SMILES string of the molecule is C[C@H]1Cc2cccc(F)c2[C@@]2(CNC[C@H]2C(=O)N2CC[C@@H](c3ccccc3)C[C@H]2C2CCCCC2)CN1. The summed E-state index contributed by atoms with van der Waals surface area (Å²) >= 11 is 0. The van der Waals surface area contributed by atoms with E-state index in [1.165, 1.54) is 37.7 Å². The lowest BCUT2D eigenvalue weighted by Crippen LogP contribution is -2.56. The zero-order valence-corrected chi connectivity index (χ0v) is 22.2. The fourth-order valence-electron chi connectivity index (χ4n) is 8.14. The number of piperidine rings is 1. The molecule has 6 rings (SSSR count). The monoisotopic (exact) mass is 503 g/mol. The van der Waals surface area contributed by atoms with Crippen molar-refractivity contribution in [1.29, 1.82) is 0 Å². The molecule has 1 spiro atoms. The van der Waals surface area contributed by atoms with E-state index in [0.717, 1.165) is 36.9 Å². The average molecular weight is 504 g/mol. The number of likely N-dealkylation sites (tertiary alicyclic amines) is 1. The van der Waals surface area contributed by atoms with E-state index in [1.807, 2.05) is 6.07 Å². The van der Waals surface area contributed by atoms with E-state index >= 15 is 4.39 Å². The maximum atomic E-state index is 15.6. The molecule has 0 radical (unpaired) electrons. The van der Waals surface area contributed by atoms with Crippen LogP contribution in [0.4, 0.5) is 4.39 Å². The number of halogens is 1. The summed E-state index contributed by atoms with van der Waals surface area (Å²) in [6.45, 7) is 4.88. The van der Waals surface area contributed by atoms with Gasteiger partial charge < -0.3 is 15.5 Å². The van der Waals surface area contributed by atoms with Gasteiger partial charge in [-0.3, -0.25) is 4.79 Å². The van der Waals surface area contributed by atoms with Gasteiger partial charge in [-0.2, -0.15) is 0 Å². The molecule has 2 aromatic carbocycles. The second kappa shape index (κ2) is 10.5. The van der Waals surface area contributed by atoms with Crippen molar-refractivity contribution in [3.63, 3.8) is 0 Å². The first-order valence-corrected chi connectivity index (χ1v) is 14.6. The molecule has 2 N–H and O–H groups in total. The number of carbonyl (C=O) groups excluding carboxylic acids is 1. The number of carbonyl (C=O) groups is 1. The molecule has 2 saturated heterocycles. The maximum Gasteiger partial charge on any atom is 0.228 e. The molecule has 3 fully saturated rings.